The molecule has 1 saturated heterocycles. The van der Waals surface area contributed by atoms with Gasteiger partial charge in [0.25, 0.3) is 11.8 Å². The van der Waals surface area contributed by atoms with E-state index in [1.165, 1.54) is 12.1 Å². The van der Waals surface area contributed by atoms with Gasteiger partial charge in [-0.2, -0.15) is 0 Å². The summed E-state index contributed by atoms with van der Waals surface area (Å²) in [5.74, 6) is -2.03. The molecular weight excluding hydrogens is 360 g/mol. The highest BCUT2D eigenvalue weighted by atomic mass is 16.7. The third-order valence-electron chi connectivity index (χ3n) is 4.82. The van der Waals surface area contributed by atoms with E-state index in [-0.39, 0.29) is 28.9 Å². The monoisotopic (exact) mass is 380 g/mol. The van der Waals surface area contributed by atoms with Crippen LogP contribution in [0.1, 0.15) is 44.9 Å². The lowest BCUT2D eigenvalue weighted by molar-refractivity contribution is -0.0584. The summed E-state index contributed by atoms with van der Waals surface area (Å²) in [5.41, 5.74) is 1.69. The van der Waals surface area contributed by atoms with Gasteiger partial charge in [-0.3, -0.25) is 9.59 Å². The van der Waals surface area contributed by atoms with Crippen molar-refractivity contribution in [3.63, 3.8) is 0 Å². The molecule has 2 heterocycles. The second-order valence-electron chi connectivity index (χ2n) is 7.04. The summed E-state index contributed by atoms with van der Waals surface area (Å²) in [6, 6.07) is 13.3. The number of amides is 2. The second-order valence-corrected chi connectivity index (χ2v) is 7.04. The van der Waals surface area contributed by atoms with Gasteiger partial charge in [0.1, 0.15) is 0 Å². The zero-order valence-corrected chi connectivity index (χ0v) is 15.6. The molecule has 28 heavy (non-hydrogen) atoms. The van der Waals surface area contributed by atoms with Crippen molar-refractivity contribution in [2.75, 3.05) is 18.0 Å². The number of fused-ring (bicyclic) bond motifs is 1. The van der Waals surface area contributed by atoms with Gasteiger partial charge in [0, 0.05) is 18.8 Å². The van der Waals surface area contributed by atoms with Crippen molar-refractivity contribution in [1.82, 2.24) is 5.06 Å². The van der Waals surface area contributed by atoms with Gasteiger partial charge in [-0.15, -0.1) is 0 Å². The summed E-state index contributed by atoms with van der Waals surface area (Å²) < 4.78 is 5.74. The molecule has 0 radical (unpaired) electrons. The number of anilines is 1. The minimum atomic E-state index is -0.759. The topological polar surface area (TPSA) is 76.2 Å². The molecule has 144 valence electrons. The molecule has 0 spiro atoms. The van der Waals surface area contributed by atoms with Gasteiger partial charge in [-0.05, 0) is 50.2 Å². The lowest BCUT2D eigenvalue weighted by atomic mass is 10.1. The smallest absolute Gasteiger partial charge is 0.363 e. The number of rotatable bonds is 3. The maximum Gasteiger partial charge on any atom is 0.363 e. The van der Waals surface area contributed by atoms with Gasteiger partial charge in [0.15, 0.2) is 0 Å². The van der Waals surface area contributed by atoms with Crippen LogP contribution in [0, 0.1) is 0 Å². The Hall–Kier alpha value is -3.19. The molecule has 2 amide bonds. The molecule has 2 aliphatic heterocycles. The summed E-state index contributed by atoms with van der Waals surface area (Å²) in [5, 5.41) is 0.520. The van der Waals surface area contributed by atoms with E-state index in [4.69, 9.17) is 9.57 Å². The molecule has 0 aliphatic carbocycles. The fourth-order valence-corrected chi connectivity index (χ4v) is 3.58. The highest BCUT2D eigenvalue weighted by molar-refractivity contribution is 6.21. The van der Waals surface area contributed by atoms with E-state index in [1.807, 2.05) is 26.0 Å². The van der Waals surface area contributed by atoms with Crippen molar-refractivity contribution in [2.45, 2.75) is 26.1 Å². The summed E-state index contributed by atoms with van der Waals surface area (Å²) in [6.45, 7) is 5.58. The van der Waals surface area contributed by atoms with Crippen molar-refractivity contribution < 1.29 is 24.0 Å². The number of nitrogens with zero attached hydrogens (tertiary/aromatic N) is 2. The first-order valence-corrected chi connectivity index (χ1v) is 9.14. The van der Waals surface area contributed by atoms with Crippen molar-refractivity contribution in [2.24, 2.45) is 0 Å². The van der Waals surface area contributed by atoms with Crippen LogP contribution in [-0.2, 0) is 9.57 Å². The lowest BCUT2D eigenvalue weighted by Gasteiger charge is -2.36. The number of ether oxygens (including phenoxy) is 1. The standard InChI is InChI=1S/C21H20N2O5/c1-13-11-22(12-14(2)27-13)16-9-7-15(8-10-16)21(26)28-23-19(24)17-5-3-4-6-18(17)20(23)25/h3-10,13-14H,11-12H2,1-2H3. The summed E-state index contributed by atoms with van der Waals surface area (Å²) in [4.78, 5) is 44.3. The van der Waals surface area contributed by atoms with E-state index in [0.29, 0.717) is 5.06 Å². The Bertz CT molecular complexity index is 895. The molecule has 0 saturated carbocycles. The Labute approximate surface area is 162 Å². The zero-order chi connectivity index (χ0) is 19.8. The minimum absolute atomic E-state index is 0.127. The van der Waals surface area contributed by atoms with Gasteiger partial charge in [-0.1, -0.05) is 17.2 Å². The third kappa shape index (κ3) is 3.25. The van der Waals surface area contributed by atoms with Crippen LogP contribution >= 0.6 is 0 Å². The van der Waals surface area contributed by atoms with E-state index in [1.54, 1.807) is 24.3 Å². The average molecular weight is 380 g/mol. The molecule has 2 aromatic rings. The molecule has 4 rings (SSSR count). The van der Waals surface area contributed by atoms with E-state index in [2.05, 4.69) is 4.90 Å². The zero-order valence-electron chi connectivity index (χ0n) is 15.6. The Morgan fingerprint density at radius 3 is 2.00 bits per heavy atom. The molecule has 7 nitrogen and oxygen atoms in total. The van der Waals surface area contributed by atoms with Crippen LogP contribution in [0.3, 0.4) is 0 Å². The molecule has 0 bridgehead atoms. The third-order valence-corrected chi connectivity index (χ3v) is 4.82. The van der Waals surface area contributed by atoms with Crippen LogP contribution < -0.4 is 4.90 Å². The number of benzene rings is 2. The fraction of sp³-hybridized carbons (Fsp3) is 0.286. The van der Waals surface area contributed by atoms with E-state index >= 15 is 0 Å². The van der Waals surface area contributed by atoms with Gasteiger partial charge < -0.3 is 14.5 Å². The molecule has 0 aromatic heterocycles. The molecule has 2 atom stereocenters. The number of carbonyl (C=O) groups excluding carboxylic acids is 3. The summed E-state index contributed by atoms with van der Waals surface area (Å²) in [7, 11) is 0. The number of hydrogen-bond acceptors (Lipinski definition) is 6. The lowest BCUT2D eigenvalue weighted by Crippen LogP contribution is -2.45. The number of imide groups is 1. The van der Waals surface area contributed by atoms with Crippen LogP contribution in [0.25, 0.3) is 0 Å². The van der Waals surface area contributed by atoms with E-state index < -0.39 is 17.8 Å². The van der Waals surface area contributed by atoms with Gasteiger partial charge in [-0.25, -0.2) is 4.79 Å². The first kappa shape index (κ1) is 18.2. The number of hydroxylamine groups is 2. The predicted molar refractivity (Wildman–Crippen MR) is 101 cm³/mol. The molecule has 7 heteroatoms. The van der Waals surface area contributed by atoms with Crippen LogP contribution in [0.15, 0.2) is 48.5 Å². The van der Waals surface area contributed by atoms with Crippen LogP contribution in [0.4, 0.5) is 5.69 Å². The highest BCUT2D eigenvalue weighted by Gasteiger charge is 2.38. The molecule has 2 unspecified atom stereocenters. The Morgan fingerprint density at radius 2 is 1.46 bits per heavy atom. The largest absolute Gasteiger partial charge is 0.372 e. The molecule has 0 N–H and O–H groups in total. The van der Waals surface area contributed by atoms with Crippen LogP contribution in [0.5, 0.6) is 0 Å². The van der Waals surface area contributed by atoms with Crippen molar-refractivity contribution in [3.8, 4) is 0 Å². The van der Waals surface area contributed by atoms with Crippen LogP contribution in [0.2, 0.25) is 0 Å². The first-order valence-electron chi connectivity index (χ1n) is 9.14. The van der Waals surface area contributed by atoms with Crippen molar-refractivity contribution >= 4 is 23.5 Å². The maximum atomic E-state index is 12.4. The molecule has 2 aliphatic rings. The van der Waals surface area contributed by atoms with Crippen molar-refractivity contribution in [3.05, 3.63) is 65.2 Å². The Morgan fingerprint density at radius 1 is 0.929 bits per heavy atom. The highest BCUT2D eigenvalue weighted by Crippen LogP contribution is 2.24. The number of morpholine rings is 1. The maximum absolute atomic E-state index is 12.4. The summed E-state index contributed by atoms with van der Waals surface area (Å²) >= 11 is 0. The van der Waals surface area contributed by atoms with E-state index in [0.717, 1.165) is 18.8 Å². The van der Waals surface area contributed by atoms with Gasteiger partial charge in [0.2, 0.25) is 0 Å². The molecule has 2 aromatic carbocycles. The Balaban J connectivity index is 1.46. The number of carbonyl (C=O) groups is 3. The number of hydrogen-bond donors (Lipinski definition) is 0. The quantitative estimate of drug-likeness (QED) is 0.762. The van der Waals surface area contributed by atoms with Crippen LogP contribution in [-0.4, -0.2) is 48.1 Å². The van der Waals surface area contributed by atoms with E-state index in [9.17, 15) is 14.4 Å². The van der Waals surface area contributed by atoms with Crippen molar-refractivity contribution in [1.29, 1.82) is 0 Å². The first-order chi connectivity index (χ1) is 13.4. The molecular formula is C21H20N2O5. The normalized spacial score (nSPS) is 21.6. The SMILES string of the molecule is CC1CN(c2ccc(C(=O)ON3C(=O)c4ccccc4C3=O)cc2)CC(C)O1. The second kappa shape index (κ2) is 7.09. The summed E-state index contributed by atoms with van der Waals surface area (Å²) in [6.07, 6.45) is 0.254. The van der Waals surface area contributed by atoms with Gasteiger partial charge >= 0.3 is 5.97 Å². The Kier molecular flexibility index (Phi) is 4.60. The fourth-order valence-electron chi connectivity index (χ4n) is 3.58. The minimum Gasteiger partial charge on any atom is -0.372 e. The molecule has 1 fully saturated rings. The van der Waals surface area contributed by atoms with Gasteiger partial charge in [0.05, 0.1) is 28.9 Å². The predicted octanol–water partition coefficient (Wildman–Crippen LogP) is 2.67. The average Bonchev–Trinajstić information content (AvgIpc) is 2.92.